The molecule has 0 spiro atoms. The molecule has 0 saturated carbocycles. The Morgan fingerprint density at radius 1 is 0.923 bits per heavy atom. The molecule has 7 heteroatoms. The number of benzene rings is 2. The van der Waals surface area contributed by atoms with Crippen LogP contribution in [-0.2, 0) is 4.79 Å². The van der Waals surface area contributed by atoms with Crippen LogP contribution in [0.3, 0.4) is 0 Å². The summed E-state index contributed by atoms with van der Waals surface area (Å²) in [5.41, 5.74) is 1.16. The maximum atomic E-state index is 12.3. The second kappa shape index (κ2) is 9.01. The lowest BCUT2D eigenvalue weighted by molar-refractivity contribution is -0.111. The first-order valence-electron chi connectivity index (χ1n) is 7.65. The van der Waals surface area contributed by atoms with Crippen LogP contribution >= 0.6 is 11.6 Å². The quantitative estimate of drug-likeness (QED) is 0.738. The second-order valence-electron chi connectivity index (χ2n) is 5.12. The van der Waals surface area contributed by atoms with Crippen molar-refractivity contribution in [2.75, 3.05) is 33.8 Å². The largest absolute Gasteiger partial charge is 0.497 e. The number of amides is 1. The summed E-state index contributed by atoms with van der Waals surface area (Å²) in [6, 6.07) is 8.49. The van der Waals surface area contributed by atoms with Crippen LogP contribution in [0.4, 0.5) is 5.69 Å². The van der Waals surface area contributed by atoms with Gasteiger partial charge in [-0.15, -0.1) is 0 Å². The molecule has 0 radical (unpaired) electrons. The normalized spacial score (nSPS) is 10.5. The number of halogens is 1. The lowest BCUT2D eigenvalue weighted by atomic mass is 10.1. The molecule has 2 aromatic rings. The Bertz CT molecular complexity index is 820. The van der Waals surface area contributed by atoms with Gasteiger partial charge in [0.15, 0.2) is 0 Å². The molecule has 26 heavy (non-hydrogen) atoms. The van der Waals surface area contributed by atoms with E-state index in [0.717, 1.165) is 0 Å². The van der Waals surface area contributed by atoms with Gasteiger partial charge in [-0.05, 0) is 24.3 Å². The predicted molar refractivity (Wildman–Crippen MR) is 102 cm³/mol. The van der Waals surface area contributed by atoms with Gasteiger partial charge in [-0.3, -0.25) is 4.79 Å². The van der Waals surface area contributed by atoms with Gasteiger partial charge >= 0.3 is 0 Å². The van der Waals surface area contributed by atoms with Crippen LogP contribution in [0.2, 0.25) is 5.02 Å². The number of carbonyl (C=O) groups is 1. The van der Waals surface area contributed by atoms with Crippen molar-refractivity contribution in [3.05, 3.63) is 47.0 Å². The van der Waals surface area contributed by atoms with Crippen molar-refractivity contribution in [2.45, 2.75) is 0 Å². The second-order valence-corrected chi connectivity index (χ2v) is 5.52. The molecule has 0 unspecified atom stereocenters. The van der Waals surface area contributed by atoms with E-state index < -0.39 is 0 Å². The molecule has 0 fully saturated rings. The number of nitrogens with one attached hydrogen (secondary N) is 1. The first kappa shape index (κ1) is 19.5. The van der Waals surface area contributed by atoms with E-state index in [1.54, 1.807) is 50.6 Å². The summed E-state index contributed by atoms with van der Waals surface area (Å²) in [5, 5.41) is 3.13. The Labute approximate surface area is 157 Å². The molecule has 0 aromatic heterocycles. The average molecular weight is 378 g/mol. The summed E-state index contributed by atoms with van der Waals surface area (Å²) in [7, 11) is 6.12. The number of methoxy groups -OCH3 is 4. The van der Waals surface area contributed by atoms with Gasteiger partial charge < -0.3 is 24.3 Å². The van der Waals surface area contributed by atoms with Gasteiger partial charge in [0.2, 0.25) is 5.91 Å². The minimum Gasteiger partial charge on any atom is -0.497 e. The summed E-state index contributed by atoms with van der Waals surface area (Å²) < 4.78 is 20.9. The molecule has 2 aromatic carbocycles. The minimum atomic E-state index is -0.349. The molecule has 2 rings (SSSR count). The molecule has 0 aliphatic carbocycles. The van der Waals surface area contributed by atoms with Crippen LogP contribution in [0.15, 0.2) is 36.4 Å². The maximum Gasteiger partial charge on any atom is 0.248 e. The van der Waals surface area contributed by atoms with Crippen molar-refractivity contribution in [3.63, 3.8) is 0 Å². The molecule has 0 heterocycles. The third kappa shape index (κ3) is 4.61. The zero-order chi connectivity index (χ0) is 19.1. The number of hydrogen-bond donors (Lipinski definition) is 1. The molecule has 1 N–H and O–H groups in total. The molecule has 0 aliphatic heterocycles. The van der Waals surface area contributed by atoms with Crippen molar-refractivity contribution in [1.82, 2.24) is 0 Å². The Morgan fingerprint density at radius 3 is 2.23 bits per heavy atom. The third-order valence-corrected chi connectivity index (χ3v) is 3.88. The molecule has 1 amide bonds. The Morgan fingerprint density at radius 2 is 1.62 bits per heavy atom. The SMILES string of the molecule is COc1ccc(OC)c(/C=C/C(=O)Nc2cc(OC)c(Cl)cc2OC)c1. The van der Waals surface area contributed by atoms with Gasteiger partial charge in [0, 0.05) is 23.8 Å². The fraction of sp³-hybridized carbons (Fsp3) is 0.211. The van der Waals surface area contributed by atoms with E-state index in [9.17, 15) is 4.79 Å². The monoisotopic (exact) mass is 377 g/mol. The molecular weight excluding hydrogens is 358 g/mol. The summed E-state index contributed by atoms with van der Waals surface area (Å²) >= 11 is 6.06. The molecule has 138 valence electrons. The van der Waals surface area contributed by atoms with E-state index in [4.69, 9.17) is 30.5 Å². The highest BCUT2D eigenvalue weighted by molar-refractivity contribution is 6.32. The van der Waals surface area contributed by atoms with Crippen LogP contribution in [0.1, 0.15) is 5.56 Å². The van der Waals surface area contributed by atoms with E-state index in [1.165, 1.54) is 20.3 Å². The fourth-order valence-corrected chi connectivity index (χ4v) is 2.50. The first-order chi connectivity index (χ1) is 12.5. The highest BCUT2D eigenvalue weighted by atomic mass is 35.5. The number of anilines is 1. The standard InChI is InChI=1S/C19H20ClNO5/c1-23-13-6-7-16(24-2)12(9-13)5-8-19(22)21-15-11-17(25-3)14(20)10-18(15)26-4/h5-11H,1-4H3,(H,21,22)/b8-5+. The van der Waals surface area contributed by atoms with Crippen molar-refractivity contribution in [2.24, 2.45) is 0 Å². The van der Waals surface area contributed by atoms with Gasteiger partial charge in [-0.2, -0.15) is 0 Å². The third-order valence-electron chi connectivity index (χ3n) is 3.58. The van der Waals surface area contributed by atoms with Crippen LogP contribution in [0.25, 0.3) is 6.08 Å². The lowest BCUT2D eigenvalue weighted by Crippen LogP contribution is -2.09. The maximum absolute atomic E-state index is 12.3. The zero-order valence-electron chi connectivity index (χ0n) is 15.0. The van der Waals surface area contributed by atoms with E-state index in [-0.39, 0.29) is 5.91 Å². The molecule has 0 aliphatic rings. The number of ether oxygens (including phenoxy) is 4. The lowest BCUT2D eigenvalue weighted by Gasteiger charge is -2.12. The summed E-state index contributed by atoms with van der Waals surface area (Å²) in [5.74, 6) is 1.80. The number of carbonyl (C=O) groups excluding carboxylic acids is 1. The van der Waals surface area contributed by atoms with E-state index in [0.29, 0.717) is 39.3 Å². The molecule has 6 nitrogen and oxygen atoms in total. The molecule has 0 bridgehead atoms. The van der Waals surface area contributed by atoms with Crippen LogP contribution in [0, 0.1) is 0 Å². The van der Waals surface area contributed by atoms with Gasteiger partial charge in [0.1, 0.15) is 23.0 Å². The van der Waals surface area contributed by atoms with Gasteiger partial charge in [0.25, 0.3) is 0 Å². The predicted octanol–water partition coefficient (Wildman–Crippen LogP) is 4.03. The number of hydrogen-bond acceptors (Lipinski definition) is 5. The smallest absolute Gasteiger partial charge is 0.248 e. The summed E-state index contributed by atoms with van der Waals surface area (Å²) in [6.07, 6.45) is 3.02. The van der Waals surface area contributed by atoms with Crippen LogP contribution in [-0.4, -0.2) is 34.3 Å². The van der Waals surface area contributed by atoms with Crippen LogP contribution < -0.4 is 24.3 Å². The van der Waals surface area contributed by atoms with Crippen molar-refractivity contribution in [3.8, 4) is 23.0 Å². The Hall–Kier alpha value is -2.86. The number of rotatable bonds is 7. The topological polar surface area (TPSA) is 66.0 Å². The van der Waals surface area contributed by atoms with Gasteiger partial charge in [-0.25, -0.2) is 0 Å². The van der Waals surface area contributed by atoms with Gasteiger partial charge in [-0.1, -0.05) is 11.6 Å². The Kier molecular flexibility index (Phi) is 6.74. The van der Waals surface area contributed by atoms with Crippen LogP contribution in [0.5, 0.6) is 23.0 Å². The van der Waals surface area contributed by atoms with E-state index in [2.05, 4.69) is 5.32 Å². The summed E-state index contributed by atoms with van der Waals surface area (Å²) in [4.78, 5) is 12.3. The van der Waals surface area contributed by atoms with E-state index in [1.807, 2.05) is 0 Å². The van der Waals surface area contributed by atoms with Crippen molar-refractivity contribution >= 4 is 29.3 Å². The average Bonchev–Trinajstić information content (AvgIpc) is 2.66. The Balaban J connectivity index is 2.22. The fourth-order valence-electron chi connectivity index (χ4n) is 2.27. The minimum absolute atomic E-state index is 0.349. The molecular formula is C19H20ClNO5. The van der Waals surface area contributed by atoms with E-state index >= 15 is 0 Å². The highest BCUT2D eigenvalue weighted by Crippen LogP contribution is 2.35. The molecule has 0 atom stereocenters. The molecule has 0 saturated heterocycles. The highest BCUT2D eigenvalue weighted by Gasteiger charge is 2.11. The van der Waals surface area contributed by atoms with Gasteiger partial charge in [0.05, 0.1) is 39.1 Å². The summed E-state index contributed by atoms with van der Waals surface area (Å²) in [6.45, 7) is 0. The van der Waals surface area contributed by atoms with Crippen molar-refractivity contribution in [1.29, 1.82) is 0 Å². The van der Waals surface area contributed by atoms with Crippen molar-refractivity contribution < 1.29 is 23.7 Å². The first-order valence-corrected chi connectivity index (χ1v) is 8.02. The zero-order valence-corrected chi connectivity index (χ0v) is 15.7.